The summed E-state index contributed by atoms with van der Waals surface area (Å²) in [6, 6.07) is 5.45. The molecule has 1 aromatic heterocycles. The molecule has 1 saturated carbocycles. The maximum Gasteiger partial charge on any atom is 0.173 e. The number of ketones is 1. The van der Waals surface area contributed by atoms with E-state index in [9.17, 15) is 9.90 Å². The highest BCUT2D eigenvalue weighted by atomic mass is 32.1. The molecule has 0 bridgehead atoms. The van der Waals surface area contributed by atoms with Gasteiger partial charge < -0.3 is 19.7 Å². The molecule has 30 heavy (non-hydrogen) atoms. The zero-order valence-electron chi connectivity index (χ0n) is 18.0. The molecule has 2 aliphatic carbocycles. The summed E-state index contributed by atoms with van der Waals surface area (Å²) in [7, 11) is 1.59. The molecule has 0 aliphatic heterocycles. The molecular weight excluding hydrogens is 400 g/mol. The zero-order chi connectivity index (χ0) is 21.6. The van der Waals surface area contributed by atoms with E-state index in [1.54, 1.807) is 30.6 Å². The van der Waals surface area contributed by atoms with Crippen LogP contribution in [0.25, 0.3) is 0 Å². The normalized spacial score (nSPS) is 21.7. The SMILES string of the molecule is COc1cc(OC[C@@H](O)CO)ccc1CCC(=O)c1sc(C)c2c1C[C@@H]1[C@H]2C1(C)C. The molecule has 1 aromatic carbocycles. The van der Waals surface area contributed by atoms with Crippen LogP contribution in [0, 0.1) is 18.3 Å². The van der Waals surface area contributed by atoms with E-state index < -0.39 is 6.10 Å². The summed E-state index contributed by atoms with van der Waals surface area (Å²) in [4.78, 5) is 15.3. The third-order valence-corrected chi connectivity index (χ3v) is 8.01. The van der Waals surface area contributed by atoms with E-state index in [0.29, 0.717) is 41.6 Å². The summed E-state index contributed by atoms with van der Waals surface area (Å²) in [5, 5.41) is 18.3. The van der Waals surface area contributed by atoms with Gasteiger partial charge in [0.25, 0.3) is 0 Å². The minimum Gasteiger partial charge on any atom is -0.496 e. The molecule has 0 amide bonds. The van der Waals surface area contributed by atoms with Gasteiger partial charge in [0, 0.05) is 17.4 Å². The Bertz CT molecular complexity index is 961. The van der Waals surface area contributed by atoms with E-state index in [-0.39, 0.29) is 19.0 Å². The van der Waals surface area contributed by atoms with Crippen molar-refractivity contribution in [2.45, 2.75) is 52.1 Å². The van der Waals surface area contributed by atoms with Crippen molar-refractivity contribution in [3.8, 4) is 11.5 Å². The van der Waals surface area contributed by atoms with Crippen molar-refractivity contribution in [3.63, 3.8) is 0 Å². The lowest BCUT2D eigenvalue weighted by Crippen LogP contribution is -2.21. The molecule has 0 saturated heterocycles. The van der Waals surface area contributed by atoms with Gasteiger partial charge in [0.1, 0.15) is 24.2 Å². The molecule has 3 atom stereocenters. The Hall–Kier alpha value is -1.89. The largest absolute Gasteiger partial charge is 0.496 e. The highest BCUT2D eigenvalue weighted by molar-refractivity contribution is 7.14. The van der Waals surface area contributed by atoms with Gasteiger partial charge in [-0.05, 0) is 59.8 Å². The second-order valence-electron chi connectivity index (χ2n) is 9.03. The summed E-state index contributed by atoms with van der Waals surface area (Å²) in [6.07, 6.45) is 1.19. The van der Waals surface area contributed by atoms with Crippen molar-refractivity contribution >= 4 is 17.1 Å². The van der Waals surface area contributed by atoms with Crippen LogP contribution < -0.4 is 9.47 Å². The van der Waals surface area contributed by atoms with Gasteiger partial charge in [-0.1, -0.05) is 19.9 Å². The van der Waals surface area contributed by atoms with Gasteiger partial charge in [-0.2, -0.15) is 0 Å². The Morgan fingerprint density at radius 2 is 2.13 bits per heavy atom. The molecule has 1 heterocycles. The summed E-state index contributed by atoms with van der Waals surface area (Å²) >= 11 is 1.67. The molecule has 5 nitrogen and oxygen atoms in total. The first kappa shape index (κ1) is 21.3. The fraction of sp³-hybridized carbons (Fsp3) is 0.542. The van der Waals surface area contributed by atoms with Gasteiger partial charge >= 0.3 is 0 Å². The number of Topliss-reactive ketones (excluding diaryl/α,β-unsaturated/α-hetero) is 1. The quantitative estimate of drug-likeness (QED) is 0.590. The van der Waals surface area contributed by atoms with E-state index in [2.05, 4.69) is 20.8 Å². The number of methoxy groups -OCH3 is 1. The monoisotopic (exact) mass is 430 g/mol. The number of thiophene rings is 1. The number of carbonyl (C=O) groups is 1. The van der Waals surface area contributed by atoms with Crippen LogP contribution in [0.1, 0.15) is 57.4 Å². The number of rotatable bonds is 9. The predicted octanol–water partition coefficient (Wildman–Crippen LogP) is 3.91. The topological polar surface area (TPSA) is 76.0 Å². The van der Waals surface area contributed by atoms with Crippen LogP contribution in [0.2, 0.25) is 0 Å². The van der Waals surface area contributed by atoms with E-state index in [0.717, 1.165) is 16.9 Å². The molecule has 2 aliphatic rings. The number of hydrogen-bond acceptors (Lipinski definition) is 6. The number of carbonyl (C=O) groups excluding carboxylic acids is 1. The van der Waals surface area contributed by atoms with Crippen molar-refractivity contribution < 1.29 is 24.5 Å². The first-order valence-electron chi connectivity index (χ1n) is 10.5. The fourth-order valence-electron chi connectivity index (χ4n) is 4.99. The van der Waals surface area contributed by atoms with Crippen LogP contribution in [0.3, 0.4) is 0 Å². The lowest BCUT2D eigenvalue weighted by Gasteiger charge is -2.13. The molecule has 0 spiro atoms. The minimum atomic E-state index is -0.916. The van der Waals surface area contributed by atoms with Crippen LogP contribution in [0.4, 0.5) is 0 Å². The van der Waals surface area contributed by atoms with Crippen molar-refractivity contribution in [2.24, 2.45) is 11.3 Å². The molecule has 162 valence electrons. The van der Waals surface area contributed by atoms with Crippen molar-refractivity contribution in [3.05, 3.63) is 44.6 Å². The van der Waals surface area contributed by atoms with Crippen molar-refractivity contribution in [1.29, 1.82) is 0 Å². The lowest BCUT2D eigenvalue weighted by molar-refractivity contribution is 0.0535. The molecule has 6 heteroatoms. The average molecular weight is 431 g/mol. The number of aliphatic hydroxyl groups excluding tert-OH is 2. The molecule has 4 rings (SSSR count). The summed E-state index contributed by atoms with van der Waals surface area (Å²) in [5.74, 6) is 2.79. The van der Waals surface area contributed by atoms with E-state index in [4.69, 9.17) is 14.6 Å². The highest BCUT2D eigenvalue weighted by Crippen LogP contribution is 2.71. The molecule has 2 N–H and O–H groups in total. The van der Waals surface area contributed by atoms with Gasteiger partial charge in [-0.3, -0.25) is 4.79 Å². The van der Waals surface area contributed by atoms with Gasteiger partial charge in [0.2, 0.25) is 0 Å². The Morgan fingerprint density at radius 3 is 2.83 bits per heavy atom. The third-order valence-electron chi connectivity index (χ3n) is 6.81. The fourth-order valence-corrected chi connectivity index (χ4v) is 6.18. The minimum absolute atomic E-state index is 0.0130. The number of fused-ring (bicyclic) bond motifs is 3. The van der Waals surface area contributed by atoms with Crippen LogP contribution in [0.15, 0.2) is 18.2 Å². The highest BCUT2D eigenvalue weighted by Gasteiger charge is 2.63. The van der Waals surface area contributed by atoms with Gasteiger partial charge in [-0.25, -0.2) is 0 Å². The third kappa shape index (κ3) is 3.66. The summed E-state index contributed by atoms with van der Waals surface area (Å²) in [6.45, 7) is 6.51. The van der Waals surface area contributed by atoms with Crippen molar-refractivity contribution in [2.75, 3.05) is 20.3 Å². The summed E-state index contributed by atoms with van der Waals surface area (Å²) in [5.41, 5.74) is 4.12. The Kier molecular flexibility index (Phi) is 5.68. The molecule has 2 aromatic rings. The number of ether oxygens (including phenoxy) is 2. The Balaban J connectivity index is 1.43. The maximum absolute atomic E-state index is 13.0. The first-order valence-corrected chi connectivity index (χ1v) is 11.3. The second-order valence-corrected chi connectivity index (χ2v) is 10.3. The van der Waals surface area contributed by atoms with Gasteiger partial charge in [0.15, 0.2) is 5.78 Å². The number of aliphatic hydroxyl groups is 2. The molecule has 0 unspecified atom stereocenters. The van der Waals surface area contributed by atoms with E-state index in [1.807, 2.05) is 6.07 Å². The van der Waals surface area contributed by atoms with Gasteiger partial charge in [0.05, 0.1) is 18.6 Å². The predicted molar refractivity (Wildman–Crippen MR) is 117 cm³/mol. The van der Waals surface area contributed by atoms with Crippen LogP contribution in [0.5, 0.6) is 11.5 Å². The van der Waals surface area contributed by atoms with Crippen LogP contribution >= 0.6 is 11.3 Å². The molecule has 1 fully saturated rings. The van der Waals surface area contributed by atoms with E-state index in [1.165, 1.54) is 16.0 Å². The standard InChI is InChI=1S/C24H30O5S/c1-13-21-17(10-18-22(21)24(18,2)3)23(30-13)19(27)8-6-14-5-7-16(9-20(14)28-4)29-12-15(26)11-25/h5,7,9,15,18,22,25-26H,6,8,10-12H2,1-4H3/t15-,18+,22+/m0/s1. The Morgan fingerprint density at radius 1 is 1.37 bits per heavy atom. The number of hydrogen-bond donors (Lipinski definition) is 2. The first-order chi connectivity index (χ1) is 14.3. The Labute approximate surface area is 181 Å². The zero-order valence-corrected chi connectivity index (χ0v) is 18.8. The summed E-state index contributed by atoms with van der Waals surface area (Å²) < 4.78 is 11.0. The smallest absolute Gasteiger partial charge is 0.173 e. The van der Waals surface area contributed by atoms with Crippen LogP contribution in [-0.2, 0) is 12.8 Å². The number of aryl methyl sites for hydroxylation is 2. The maximum atomic E-state index is 13.0. The lowest BCUT2D eigenvalue weighted by atomic mass is 9.94. The van der Waals surface area contributed by atoms with Crippen molar-refractivity contribution in [1.82, 2.24) is 0 Å². The van der Waals surface area contributed by atoms with Crippen LogP contribution in [-0.4, -0.2) is 42.4 Å². The van der Waals surface area contributed by atoms with E-state index >= 15 is 0 Å². The second kappa shape index (κ2) is 7.98. The molecular formula is C24H30O5S. The molecule has 0 radical (unpaired) electrons. The van der Waals surface area contributed by atoms with Gasteiger partial charge in [-0.15, -0.1) is 11.3 Å². The number of benzene rings is 1. The average Bonchev–Trinajstić information content (AvgIpc) is 3.06.